The molecule has 1 heterocycles. The van der Waals surface area contributed by atoms with Gasteiger partial charge in [-0.15, -0.1) is 0 Å². The highest BCUT2D eigenvalue weighted by Crippen LogP contribution is 2.37. The first-order valence-corrected chi connectivity index (χ1v) is 6.56. The summed E-state index contributed by atoms with van der Waals surface area (Å²) in [5, 5.41) is 3.01. The predicted octanol–water partition coefficient (Wildman–Crippen LogP) is 2.28. The van der Waals surface area contributed by atoms with Gasteiger partial charge in [-0.1, -0.05) is 6.42 Å². The first-order valence-electron chi connectivity index (χ1n) is 6.56. The van der Waals surface area contributed by atoms with E-state index in [1.165, 1.54) is 0 Å². The Balaban J connectivity index is 2.03. The van der Waals surface area contributed by atoms with Crippen molar-refractivity contribution in [3.05, 3.63) is 23.7 Å². The lowest BCUT2D eigenvalue weighted by Crippen LogP contribution is -2.47. The molecule has 1 aliphatic rings. The molecule has 1 aromatic heterocycles. The quantitative estimate of drug-likeness (QED) is 0.864. The van der Waals surface area contributed by atoms with Gasteiger partial charge in [-0.2, -0.15) is 0 Å². The second-order valence-corrected chi connectivity index (χ2v) is 5.56. The van der Waals surface area contributed by atoms with Gasteiger partial charge in [0.2, 0.25) is 5.91 Å². The van der Waals surface area contributed by atoms with E-state index in [2.05, 4.69) is 5.32 Å². The average molecular weight is 250 g/mol. The predicted molar refractivity (Wildman–Crippen MR) is 69.9 cm³/mol. The fourth-order valence-corrected chi connectivity index (χ4v) is 2.59. The van der Waals surface area contributed by atoms with Crippen molar-refractivity contribution >= 4 is 5.91 Å². The van der Waals surface area contributed by atoms with Crippen molar-refractivity contribution < 1.29 is 9.21 Å². The van der Waals surface area contributed by atoms with Gasteiger partial charge in [0.15, 0.2) is 0 Å². The number of rotatable bonds is 3. The summed E-state index contributed by atoms with van der Waals surface area (Å²) in [7, 11) is 0. The SMILES string of the molecule is Cc1ccc(C(C)NC(=O)C2(C)CCCC2N)o1. The summed E-state index contributed by atoms with van der Waals surface area (Å²) >= 11 is 0. The molecule has 1 fully saturated rings. The van der Waals surface area contributed by atoms with E-state index < -0.39 is 5.41 Å². The van der Waals surface area contributed by atoms with E-state index >= 15 is 0 Å². The molecule has 18 heavy (non-hydrogen) atoms. The van der Waals surface area contributed by atoms with Crippen LogP contribution in [0, 0.1) is 12.3 Å². The Kier molecular flexibility index (Phi) is 3.48. The molecule has 1 aliphatic carbocycles. The second kappa shape index (κ2) is 4.76. The maximum absolute atomic E-state index is 12.3. The average Bonchev–Trinajstić information content (AvgIpc) is 2.87. The molecule has 3 N–H and O–H groups in total. The highest BCUT2D eigenvalue weighted by atomic mass is 16.3. The second-order valence-electron chi connectivity index (χ2n) is 5.56. The highest BCUT2D eigenvalue weighted by molar-refractivity contribution is 5.83. The van der Waals surface area contributed by atoms with E-state index in [1.54, 1.807) is 0 Å². The number of aryl methyl sites for hydroxylation is 1. The van der Waals surface area contributed by atoms with E-state index in [1.807, 2.05) is 32.9 Å². The van der Waals surface area contributed by atoms with Gasteiger partial charge in [0.1, 0.15) is 11.5 Å². The number of nitrogens with one attached hydrogen (secondary N) is 1. The first kappa shape index (κ1) is 13.1. The van der Waals surface area contributed by atoms with Gasteiger partial charge < -0.3 is 15.5 Å². The van der Waals surface area contributed by atoms with Gasteiger partial charge in [-0.05, 0) is 45.7 Å². The molecule has 3 atom stereocenters. The van der Waals surface area contributed by atoms with Crippen molar-refractivity contribution in [1.82, 2.24) is 5.32 Å². The zero-order valence-corrected chi connectivity index (χ0v) is 11.3. The Hall–Kier alpha value is -1.29. The molecule has 1 saturated carbocycles. The number of carbonyl (C=O) groups is 1. The third-order valence-corrected chi connectivity index (χ3v) is 4.08. The molecule has 2 rings (SSSR count). The Morgan fingerprint density at radius 3 is 2.83 bits per heavy atom. The van der Waals surface area contributed by atoms with Crippen molar-refractivity contribution in [1.29, 1.82) is 0 Å². The molecule has 0 saturated heterocycles. The molecule has 4 heteroatoms. The molecule has 3 unspecified atom stereocenters. The summed E-state index contributed by atoms with van der Waals surface area (Å²) in [6.07, 6.45) is 2.82. The van der Waals surface area contributed by atoms with Crippen molar-refractivity contribution in [2.24, 2.45) is 11.1 Å². The summed E-state index contributed by atoms with van der Waals surface area (Å²) in [5.74, 6) is 1.68. The van der Waals surface area contributed by atoms with E-state index in [-0.39, 0.29) is 18.0 Å². The van der Waals surface area contributed by atoms with Crippen LogP contribution in [0.2, 0.25) is 0 Å². The zero-order valence-electron chi connectivity index (χ0n) is 11.3. The van der Waals surface area contributed by atoms with Crippen LogP contribution in [0.3, 0.4) is 0 Å². The third-order valence-electron chi connectivity index (χ3n) is 4.08. The van der Waals surface area contributed by atoms with E-state index in [0.717, 1.165) is 30.8 Å². The van der Waals surface area contributed by atoms with Crippen LogP contribution in [0.25, 0.3) is 0 Å². The van der Waals surface area contributed by atoms with Gasteiger partial charge in [0, 0.05) is 6.04 Å². The highest BCUT2D eigenvalue weighted by Gasteiger charge is 2.43. The van der Waals surface area contributed by atoms with E-state index in [4.69, 9.17) is 10.2 Å². The normalized spacial score (nSPS) is 29.2. The fourth-order valence-electron chi connectivity index (χ4n) is 2.59. The zero-order chi connectivity index (χ0) is 13.3. The lowest BCUT2D eigenvalue weighted by Gasteiger charge is -2.28. The van der Waals surface area contributed by atoms with Crippen LogP contribution < -0.4 is 11.1 Å². The molecule has 4 nitrogen and oxygen atoms in total. The van der Waals surface area contributed by atoms with Crippen LogP contribution in [0.15, 0.2) is 16.5 Å². The number of carbonyl (C=O) groups excluding carboxylic acids is 1. The maximum Gasteiger partial charge on any atom is 0.228 e. The van der Waals surface area contributed by atoms with Crippen LogP contribution in [0.1, 0.15) is 50.7 Å². The first-order chi connectivity index (χ1) is 8.43. The number of amides is 1. The molecule has 1 amide bonds. The summed E-state index contributed by atoms with van der Waals surface area (Å²) in [6, 6.07) is 3.65. The number of hydrogen-bond acceptors (Lipinski definition) is 3. The van der Waals surface area contributed by atoms with Crippen molar-refractivity contribution in [3.63, 3.8) is 0 Å². The van der Waals surface area contributed by atoms with Crippen LogP contribution in [0.5, 0.6) is 0 Å². The molecular weight excluding hydrogens is 228 g/mol. The number of nitrogens with two attached hydrogens (primary N) is 1. The van der Waals surface area contributed by atoms with Gasteiger partial charge in [0.25, 0.3) is 0 Å². The Morgan fingerprint density at radius 1 is 1.61 bits per heavy atom. The summed E-state index contributed by atoms with van der Waals surface area (Å²) < 4.78 is 5.52. The largest absolute Gasteiger partial charge is 0.464 e. The van der Waals surface area contributed by atoms with Gasteiger partial charge in [-0.3, -0.25) is 4.79 Å². The van der Waals surface area contributed by atoms with Crippen molar-refractivity contribution in [2.45, 2.75) is 52.1 Å². The number of hydrogen-bond donors (Lipinski definition) is 2. The molecule has 0 bridgehead atoms. The summed E-state index contributed by atoms with van der Waals surface area (Å²) in [5.41, 5.74) is 5.61. The van der Waals surface area contributed by atoms with E-state index in [9.17, 15) is 4.79 Å². The Labute approximate surface area is 108 Å². The summed E-state index contributed by atoms with van der Waals surface area (Å²) in [4.78, 5) is 12.3. The molecule has 100 valence electrons. The third kappa shape index (κ3) is 2.29. The minimum atomic E-state index is -0.435. The lowest BCUT2D eigenvalue weighted by molar-refractivity contribution is -0.131. The van der Waals surface area contributed by atoms with Crippen LogP contribution in [-0.4, -0.2) is 11.9 Å². The van der Waals surface area contributed by atoms with Gasteiger partial charge >= 0.3 is 0 Å². The maximum atomic E-state index is 12.3. The van der Waals surface area contributed by atoms with Gasteiger partial charge in [-0.25, -0.2) is 0 Å². The van der Waals surface area contributed by atoms with Crippen LogP contribution >= 0.6 is 0 Å². The monoisotopic (exact) mass is 250 g/mol. The molecule has 0 spiro atoms. The van der Waals surface area contributed by atoms with Gasteiger partial charge in [0.05, 0.1) is 11.5 Å². The Bertz CT molecular complexity index is 441. The Morgan fingerprint density at radius 2 is 2.33 bits per heavy atom. The summed E-state index contributed by atoms with van der Waals surface area (Å²) in [6.45, 7) is 5.78. The fraction of sp³-hybridized carbons (Fsp3) is 0.643. The minimum absolute atomic E-state index is 0.0362. The van der Waals surface area contributed by atoms with Crippen molar-refractivity contribution in [2.75, 3.05) is 0 Å². The van der Waals surface area contributed by atoms with Crippen LogP contribution in [-0.2, 0) is 4.79 Å². The topological polar surface area (TPSA) is 68.3 Å². The smallest absolute Gasteiger partial charge is 0.228 e. The number of furan rings is 1. The van der Waals surface area contributed by atoms with Crippen molar-refractivity contribution in [3.8, 4) is 0 Å². The molecule has 1 aromatic rings. The molecular formula is C14H22N2O2. The van der Waals surface area contributed by atoms with E-state index in [0.29, 0.717) is 0 Å². The lowest BCUT2D eigenvalue weighted by atomic mass is 9.84. The molecule has 0 aromatic carbocycles. The standard InChI is InChI=1S/C14H22N2O2/c1-9-6-7-11(18-9)10(2)16-13(17)14(3)8-4-5-12(14)15/h6-7,10,12H,4-5,8,15H2,1-3H3,(H,16,17). The van der Waals surface area contributed by atoms with Crippen LogP contribution in [0.4, 0.5) is 0 Å². The molecule has 0 aliphatic heterocycles. The molecule has 0 radical (unpaired) electrons. The minimum Gasteiger partial charge on any atom is -0.464 e.